The summed E-state index contributed by atoms with van der Waals surface area (Å²) in [5, 5.41) is 13.9. The van der Waals surface area contributed by atoms with Gasteiger partial charge in [-0.15, -0.1) is 5.10 Å². The predicted molar refractivity (Wildman–Crippen MR) is 91.7 cm³/mol. The van der Waals surface area contributed by atoms with E-state index in [1.54, 1.807) is 43.0 Å². The van der Waals surface area contributed by atoms with Crippen LogP contribution in [0.1, 0.15) is 15.9 Å². The quantitative estimate of drug-likeness (QED) is 0.582. The predicted octanol–water partition coefficient (Wildman–Crippen LogP) is 1.17. The summed E-state index contributed by atoms with van der Waals surface area (Å²) < 4.78 is 3.33. The zero-order chi connectivity index (χ0) is 17.8. The van der Waals surface area contributed by atoms with Gasteiger partial charge in [0.1, 0.15) is 18.5 Å². The highest BCUT2D eigenvalue weighted by Crippen LogP contribution is 2.12. The second kappa shape index (κ2) is 6.93. The van der Waals surface area contributed by atoms with Gasteiger partial charge in [-0.05, 0) is 40.8 Å². The number of nitrogens with zero attached hydrogens (tertiary/aromatic N) is 7. The summed E-state index contributed by atoms with van der Waals surface area (Å²) in [6.45, 7) is 0.356. The Hall–Kier alpha value is -3.88. The molecule has 0 saturated heterocycles. The monoisotopic (exact) mass is 346 g/mol. The molecule has 1 aromatic carbocycles. The Kier molecular flexibility index (Phi) is 4.17. The highest BCUT2D eigenvalue weighted by molar-refractivity contribution is 5.94. The molecule has 26 heavy (non-hydrogen) atoms. The largest absolute Gasteiger partial charge is 0.348 e. The number of carbonyl (C=O) groups is 1. The number of benzene rings is 1. The topological polar surface area (TPSA) is 103 Å². The molecule has 0 aliphatic carbocycles. The van der Waals surface area contributed by atoms with Crippen LogP contribution in [0, 0.1) is 0 Å². The summed E-state index contributed by atoms with van der Waals surface area (Å²) >= 11 is 0. The molecule has 0 radical (unpaired) electrons. The average Bonchev–Trinajstić information content (AvgIpc) is 3.40. The third-order valence-electron chi connectivity index (χ3n) is 3.80. The lowest BCUT2D eigenvalue weighted by molar-refractivity contribution is 0.0951. The van der Waals surface area contributed by atoms with Crippen LogP contribution in [0.15, 0.2) is 67.6 Å². The van der Waals surface area contributed by atoms with Crippen molar-refractivity contribution in [3.63, 3.8) is 0 Å². The van der Waals surface area contributed by atoms with E-state index < -0.39 is 0 Å². The van der Waals surface area contributed by atoms with E-state index in [1.165, 1.54) is 11.0 Å². The smallest absolute Gasteiger partial charge is 0.251 e. The minimum absolute atomic E-state index is 0.173. The number of hydrogen-bond acceptors (Lipinski definition) is 6. The van der Waals surface area contributed by atoms with Gasteiger partial charge in [-0.2, -0.15) is 0 Å². The first-order valence-corrected chi connectivity index (χ1v) is 7.85. The summed E-state index contributed by atoms with van der Waals surface area (Å²) in [6.07, 6.45) is 8.37. The first kappa shape index (κ1) is 15.6. The number of amides is 1. The fourth-order valence-corrected chi connectivity index (χ4v) is 2.51. The molecule has 4 aromatic rings. The number of rotatable bonds is 5. The van der Waals surface area contributed by atoms with Crippen LogP contribution in [-0.2, 0) is 6.54 Å². The molecule has 0 aliphatic rings. The van der Waals surface area contributed by atoms with Gasteiger partial charge in [-0.1, -0.05) is 6.07 Å². The van der Waals surface area contributed by atoms with Gasteiger partial charge in [0.2, 0.25) is 0 Å². The number of imidazole rings is 1. The first-order valence-electron chi connectivity index (χ1n) is 7.85. The summed E-state index contributed by atoms with van der Waals surface area (Å²) in [5.74, 6) is 0.563. The molecule has 0 bridgehead atoms. The molecule has 0 spiro atoms. The minimum atomic E-state index is -0.173. The molecule has 9 nitrogen and oxygen atoms in total. The second-order valence-electron chi connectivity index (χ2n) is 5.44. The van der Waals surface area contributed by atoms with Crippen LogP contribution < -0.4 is 5.32 Å². The Morgan fingerprint density at radius 2 is 1.96 bits per heavy atom. The van der Waals surface area contributed by atoms with Gasteiger partial charge in [0, 0.05) is 36.3 Å². The van der Waals surface area contributed by atoms with Gasteiger partial charge in [-0.25, -0.2) is 14.6 Å². The van der Waals surface area contributed by atoms with Crippen molar-refractivity contribution in [2.24, 2.45) is 0 Å². The van der Waals surface area contributed by atoms with E-state index in [1.807, 2.05) is 22.9 Å². The lowest BCUT2D eigenvalue weighted by atomic mass is 10.2. The molecular formula is C17H14N8O. The fourth-order valence-electron chi connectivity index (χ4n) is 2.51. The lowest BCUT2D eigenvalue weighted by Gasteiger charge is -2.10. The number of pyridine rings is 1. The van der Waals surface area contributed by atoms with E-state index in [0.717, 1.165) is 17.1 Å². The Balaban J connectivity index is 1.46. The van der Waals surface area contributed by atoms with Gasteiger partial charge < -0.3 is 5.32 Å². The van der Waals surface area contributed by atoms with Crippen molar-refractivity contribution in [3.05, 3.63) is 78.8 Å². The van der Waals surface area contributed by atoms with E-state index in [-0.39, 0.29) is 5.91 Å². The Morgan fingerprint density at radius 3 is 2.69 bits per heavy atom. The zero-order valence-electron chi connectivity index (χ0n) is 13.6. The maximum atomic E-state index is 12.4. The van der Waals surface area contributed by atoms with E-state index in [4.69, 9.17) is 0 Å². The fraction of sp³-hybridized carbons (Fsp3) is 0.0588. The number of nitrogens with one attached hydrogen (secondary N) is 1. The Bertz CT molecular complexity index is 994. The minimum Gasteiger partial charge on any atom is -0.348 e. The van der Waals surface area contributed by atoms with Crippen LogP contribution in [0.2, 0.25) is 0 Å². The molecule has 9 heteroatoms. The Labute approximate surface area is 148 Å². The molecular weight excluding hydrogens is 332 g/mol. The normalized spacial score (nSPS) is 10.6. The number of tetrazole rings is 1. The van der Waals surface area contributed by atoms with E-state index >= 15 is 0 Å². The standard InChI is InChI=1S/C17H14N8O/c26-17(13-3-5-15(6-4-13)25-12-21-22-23-25)20-10-14-2-1-7-19-16(14)24-9-8-18-11-24/h1-9,11-12H,10H2,(H,20,26). The summed E-state index contributed by atoms with van der Waals surface area (Å²) in [7, 11) is 0. The molecule has 0 fully saturated rings. The number of aromatic nitrogens is 7. The van der Waals surface area contributed by atoms with Gasteiger partial charge in [0.05, 0.1) is 5.69 Å². The molecule has 128 valence electrons. The molecule has 1 amide bonds. The Morgan fingerprint density at radius 1 is 1.08 bits per heavy atom. The highest BCUT2D eigenvalue weighted by Gasteiger charge is 2.09. The average molecular weight is 346 g/mol. The van der Waals surface area contributed by atoms with Crippen molar-refractivity contribution in [1.29, 1.82) is 0 Å². The maximum Gasteiger partial charge on any atom is 0.251 e. The SMILES string of the molecule is O=C(NCc1cccnc1-n1ccnc1)c1ccc(-n2cnnn2)cc1. The van der Waals surface area contributed by atoms with E-state index in [2.05, 4.69) is 30.8 Å². The van der Waals surface area contributed by atoms with Crippen molar-refractivity contribution in [1.82, 2.24) is 40.1 Å². The summed E-state index contributed by atoms with van der Waals surface area (Å²) in [5.41, 5.74) is 2.22. The number of carbonyl (C=O) groups excluding carboxylic acids is 1. The van der Waals surface area contributed by atoms with Crippen molar-refractivity contribution in [2.45, 2.75) is 6.54 Å². The molecule has 4 rings (SSSR count). The van der Waals surface area contributed by atoms with Gasteiger partial charge >= 0.3 is 0 Å². The van der Waals surface area contributed by atoms with Gasteiger partial charge in [0.25, 0.3) is 5.91 Å². The van der Waals surface area contributed by atoms with Crippen LogP contribution in [0.25, 0.3) is 11.5 Å². The van der Waals surface area contributed by atoms with Crippen molar-refractivity contribution >= 4 is 5.91 Å². The lowest BCUT2D eigenvalue weighted by Crippen LogP contribution is -2.23. The number of hydrogen-bond donors (Lipinski definition) is 1. The molecule has 0 saturated carbocycles. The summed E-state index contributed by atoms with van der Waals surface area (Å²) in [4.78, 5) is 20.8. The molecule has 3 aromatic heterocycles. The van der Waals surface area contributed by atoms with Crippen LogP contribution in [0.3, 0.4) is 0 Å². The summed E-state index contributed by atoms with van der Waals surface area (Å²) in [6, 6.07) is 10.8. The van der Waals surface area contributed by atoms with E-state index in [0.29, 0.717) is 12.1 Å². The van der Waals surface area contributed by atoms with Gasteiger partial charge in [0.15, 0.2) is 0 Å². The van der Waals surface area contributed by atoms with Crippen LogP contribution in [-0.4, -0.2) is 40.6 Å². The molecule has 0 atom stereocenters. The van der Waals surface area contributed by atoms with Crippen LogP contribution >= 0.6 is 0 Å². The third kappa shape index (κ3) is 3.18. The third-order valence-corrected chi connectivity index (χ3v) is 3.80. The first-order chi connectivity index (χ1) is 12.8. The second-order valence-corrected chi connectivity index (χ2v) is 5.44. The molecule has 0 aliphatic heterocycles. The molecule has 3 heterocycles. The van der Waals surface area contributed by atoms with Crippen molar-refractivity contribution < 1.29 is 4.79 Å². The van der Waals surface area contributed by atoms with Crippen LogP contribution in [0.4, 0.5) is 0 Å². The maximum absolute atomic E-state index is 12.4. The molecule has 0 unspecified atom stereocenters. The molecule has 1 N–H and O–H groups in total. The van der Waals surface area contributed by atoms with Crippen LogP contribution in [0.5, 0.6) is 0 Å². The zero-order valence-corrected chi connectivity index (χ0v) is 13.6. The van der Waals surface area contributed by atoms with E-state index in [9.17, 15) is 4.79 Å². The van der Waals surface area contributed by atoms with Gasteiger partial charge in [-0.3, -0.25) is 9.36 Å². The van der Waals surface area contributed by atoms with Crippen molar-refractivity contribution in [3.8, 4) is 11.5 Å². The van der Waals surface area contributed by atoms with Crippen molar-refractivity contribution in [2.75, 3.05) is 0 Å². The highest BCUT2D eigenvalue weighted by atomic mass is 16.1.